The second kappa shape index (κ2) is 6.93. The number of hydrogen-bond acceptors (Lipinski definition) is 1. The van der Waals surface area contributed by atoms with Crippen LogP contribution in [0.4, 0.5) is 0 Å². The molecule has 0 rings (SSSR count). The van der Waals surface area contributed by atoms with Crippen LogP contribution < -0.4 is 0 Å². The largest absolute Gasteiger partial charge is 0.343 e. The molecule has 0 saturated heterocycles. The Morgan fingerprint density at radius 2 is 1.62 bits per heavy atom. The highest BCUT2D eigenvalue weighted by atomic mass is 16.2. The number of hydrogen-bond donors (Lipinski definition) is 0. The predicted octanol–water partition coefficient (Wildman–Crippen LogP) is 3.71. The summed E-state index contributed by atoms with van der Waals surface area (Å²) in [6.07, 6.45) is 3.11. The van der Waals surface area contributed by atoms with Crippen molar-refractivity contribution < 1.29 is 4.79 Å². The minimum absolute atomic E-state index is 0.213. The summed E-state index contributed by atoms with van der Waals surface area (Å²) in [5, 5.41) is 0. The smallest absolute Gasteiger partial charge is 0.225 e. The third-order valence-corrected chi connectivity index (χ3v) is 2.92. The Hall–Kier alpha value is -0.530. The van der Waals surface area contributed by atoms with Gasteiger partial charge in [0.1, 0.15) is 0 Å². The molecule has 2 nitrogen and oxygen atoms in total. The fourth-order valence-electron chi connectivity index (χ4n) is 2.19. The monoisotopic (exact) mass is 227 g/mol. The maximum atomic E-state index is 12.3. The summed E-state index contributed by atoms with van der Waals surface area (Å²) in [5.41, 5.74) is 0.239. The lowest BCUT2D eigenvalue weighted by Crippen LogP contribution is -2.37. The molecule has 0 aromatic rings. The molecule has 16 heavy (non-hydrogen) atoms. The van der Waals surface area contributed by atoms with Crippen molar-refractivity contribution >= 4 is 5.91 Å². The lowest BCUT2D eigenvalue weighted by atomic mass is 9.82. The molecule has 0 aromatic heterocycles. The van der Waals surface area contributed by atoms with Crippen LogP contribution in [0.5, 0.6) is 0 Å². The van der Waals surface area contributed by atoms with E-state index in [4.69, 9.17) is 0 Å². The van der Waals surface area contributed by atoms with Gasteiger partial charge in [0.25, 0.3) is 0 Å². The number of carbonyl (C=O) groups excluding carboxylic acids is 1. The van der Waals surface area contributed by atoms with Crippen molar-refractivity contribution in [2.24, 2.45) is 11.3 Å². The van der Waals surface area contributed by atoms with Gasteiger partial charge in [-0.05, 0) is 32.1 Å². The summed E-state index contributed by atoms with van der Waals surface area (Å²) in [7, 11) is 0. The van der Waals surface area contributed by atoms with Gasteiger partial charge < -0.3 is 4.90 Å². The van der Waals surface area contributed by atoms with Gasteiger partial charge in [-0.25, -0.2) is 0 Å². The van der Waals surface area contributed by atoms with Crippen molar-refractivity contribution in [3.05, 3.63) is 0 Å². The first-order chi connectivity index (χ1) is 7.35. The zero-order valence-electron chi connectivity index (χ0n) is 12.0. The molecule has 0 bridgehead atoms. The van der Waals surface area contributed by atoms with Gasteiger partial charge >= 0.3 is 0 Å². The molecule has 0 fully saturated rings. The Morgan fingerprint density at radius 1 is 1.12 bits per heavy atom. The summed E-state index contributed by atoms with van der Waals surface area (Å²) in [6.45, 7) is 14.6. The summed E-state index contributed by atoms with van der Waals surface area (Å²) >= 11 is 0. The molecular weight excluding hydrogens is 198 g/mol. The van der Waals surface area contributed by atoms with Crippen LogP contribution >= 0.6 is 0 Å². The van der Waals surface area contributed by atoms with E-state index in [-0.39, 0.29) is 11.3 Å². The Bertz CT molecular complexity index is 201. The van der Waals surface area contributed by atoms with Crippen LogP contribution in [0.2, 0.25) is 0 Å². The molecule has 0 aromatic carbocycles. The summed E-state index contributed by atoms with van der Waals surface area (Å²) in [4.78, 5) is 14.3. The standard InChI is InChI=1S/C14H29NO/c1-7-10-12(11-14(4,5)6)13(16)15(8-2)9-3/h12H,7-11H2,1-6H3. The molecule has 0 spiro atoms. The average molecular weight is 227 g/mol. The molecule has 0 heterocycles. The van der Waals surface area contributed by atoms with Gasteiger partial charge in [-0.15, -0.1) is 0 Å². The van der Waals surface area contributed by atoms with E-state index in [1.54, 1.807) is 0 Å². The minimum atomic E-state index is 0.213. The van der Waals surface area contributed by atoms with Crippen LogP contribution in [-0.4, -0.2) is 23.9 Å². The van der Waals surface area contributed by atoms with Crippen LogP contribution in [0.3, 0.4) is 0 Å². The first-order valence-corrected chi connectivity index (χ1v) is 6.64. The number of rotatable bonds is 6. The van der Waals surface area contributed by atoms with E-state index in [1.165, 1.54) is 0 Å². The van der Waals surface area contributed by atoms with Crippen molar-refractivity contribution in [2.75, 3.05) is 13.1 Å². The SMILES string of the molecule is CCCC(CC(C)(C)C)C(=O)N(CC)CC. The lowest BCUT2D eigenvalue weighted by Gasteiger charge is -2.29. The van der Waals surface area contributed by atoms with E-state index < -0.39 is 0 Å². The average Bonchev–Trinajstić information content (AvgIpc) is 2.17. The normalized spacial score (nSPS) is 13.6. The highest BCUT2D eigenvalue weighted by molar-refractivity contribution is 5.78. The molecule has 0 N–H and O–H groups in total. The molecule has 96 valence electrons. The molecule has 0 saturated carbocycles. The van der Waals surface area contributed by atoms with Gasteiger partial charge in [-0.1, -0.05) is 34.1 Å². The first kappa shape index (κ1) is 15.5. The molecule has 1 amide bonds. The fraction of sp³-hybridized carbons (Fsp3) is 0.929. The van der Waals surface area contributed by atoms with Gasteiger partial charge in [0, 0.05) is 19.0 Å². The predicted molar refractivity (Wildman–Crippen MR) is 70.4 cm³/mol. The van der Waals surface area contributed by atoms with E-state index in [0.29, 0.717) is 5.91 Å². The third kappa shape index (κ3) is 5.53. The molecule has 0 aliphatic heterocycles. The summed E-state index contributed by atoms with van der Waals surface area (Å²) in [5.74, 6) is 0.562. The zero-order chi connectivity index (χ0) is 12.8. The maximum Gasteiger partial charge on any atom is 0.225 e. The Labute approximate surface area is 101 Å². The molecule has 1 unspecified atom stereocenters. The lowest BCUT2D eigenvalue weighted by molar-refractivity contribution is -0.136. The summed E-state index contributed by atoms with van der Waals surface area (Å²) in [6, 6.07) is 0. The quantitative estimate of drug-likeness (QED) is 0.677. The van der Waals surface area contributed by atoms with Gasteiger partial charge in [0.05, 0.1) is 0 Å². The second-order valence-electron chi connectivity index (χ2n) is 5.76. The number of amides is 1. The van der Waals surface area contributed by atoms with E-state index in [2.05, 4.69) is 41.5 Å². The molecular formula is C14H29NO. The number of nitrogens with zero attached hydrogens (tertiary/aromatic N) is 1. The van der Waals surface area contributed by atoms with Crippen LogP contribution in [0, 0.1) is 11.3 Å². The maximum absolute atomic E-state index is 12.3. The molecule has 0 aliphatic carbocycles. The van der Waals surface area contributed by atoms with Crippen molar-refractivity contribution in [1.29, 1.82) is 0 Å². The van der Waals surface area contributed by atoms with Crippen molar-refractivity contribution in [3.8, 4) is 0 Å². The van der Waals surface area contributed by atoms with E-state index in [1.807, 2.05) is 4.90 Å². The molecule has 0 aliphatic rings. The van der Waals surface area contributed by atoms with Crippen molar-refractivity contribution in [2.45, 2.75) is 60.8 Å². The molecule has 2 heteroatoms. The highest BCUT2D eigenvalue weighted by Crippen LogP contribution is 2.28. The molecule has 1 atom stereocenters. The molecule has 0 radical (unpaired) electrons. The third-order valence-electron chi connectivity index (χ3n) is 2.92. The second-order valence-corrected chi connectivity index (χ2v) is 5.76. The van der Waals surface area contributed by atoms with Gasteiger partial charge in [-0.3, -0.25) is 4.79 Å². The van der Waals surface area contributed by atoms with Crippen LogP contribution in [0.25, 0.3) is 0 Å². The van der Waals surface area contributed by atoms with Gasteiger partial charge in [0.2, 0.25) is 5.91 Å². The van der Waals surface area contributed by atoms with Crippen LogP contribution in [0.1, 0.15) is 60.8 Å². The fourth-order valence-corrected chi connectivity index (χ4v) is 2.19. The van der Waals surface area contributed by atoms with Gasteiger partial charge in [-0.2, -0.15) is 0 Å². The Morgan fingerprint density at radius 3 is 1.94 bits per heavy atom. The topological polar surface area (TPSA) is 20.3 Å². The number of carbonyl (C=O) groups is 1. The van der Waals surface area contributed by atoms with Crippen molar-refractivity contribution in [1.82, 2.24) is 4.90 Å². The highest BCUT2D eigenvalue weighted by Gasteiger charge is 2.26. The van der Waals surface area contributed by atoms with Crippen molar-refractivity contribution in [3.63, 3.8) is 0 Å². The Kier molecular flexibility index (Phi) is 6.70. The van der Waals surface area contributed by atoms with Crippen LogP contribution in [0.15, 0.2) is 0 Å². The first-order valence-electron chi connectivity index (χ1n) is 6.64. The van der Waals surface area contributed by atoms with E-state index in [0.717, 1.165) is 32.4 Å². The minimum Gasteiger partial charge on any atom is -0.343 e. The zero-order valence-corrected chi connectivity index (χ0v) is 12.0. The van der Waals surface area contributed by atoms with E-state index >= 15 is 0 Å². The van der Waals surface area contributed by atoms with Gasteiger partial charge in [0.15, 0.2) is 0 Å². The van der Waals surface area contributed by atoms with Crippen LogP contribution in [-0.2, 0) is 4.79 Å². The van der Waals surface area contributed by atoms with E-state index in [9.17, 15) is 4.79 Å². The Balaban J connectivity index is 4.57. The summed E-state index contributed by atoms with van der Waals surface area (Å²) < 4.78 is 0.